The van der Waals surface area contributed by atoms with Crippen LogP contribution in [0.25, 0.3) is 0 Å². The first-order chi connectivity index (χ1) is 8.65. The van der Waals surface area contributed by atoms with E-state index in [9.17, 15) is 0 Å². The summed E-state index contributed by atoms with van der Waals surface area (Å²) in [6, 6.07) is 3.87. The largest absolute Gasteiger partial charge is 0.473 e. The van der Waals surface area contributed by atoms with Gasteiger partial charge in [-0.15, -0.1) is 11.3 Å². The van der Waals surface area contributed by atoms with Crippen LogP contribution in [0.2, 0.25) is 0 Å². The number of nitrogens with zero attached hydrogens (tertiary/aromatic N) is 2. The van der Waals surface area contributed by atoms with E-state index in [0.717, 1.165) is 17.2 Å². The summed E-state index contributed by atoms with van der Waals surface area (Å²) in [6.07, 6.45) is 3.75. The first-order valence-electron chi connectivity index (χ1n) is 5.92. The molecule has 0 fully saturated rings. The lowest BCUT2D eigenvalue weighted by Crippen LogP contribution is -2.09. The van der Waals surface area contributed by atoms with Gasteiger partial charge in [-0.2, -0.15) is 0 Å². The minimum atomic E-state index is 0.117. The summed E-state index contributed by atoms with van der Waals surface area (Å²) in [5.41, 5.74) is 0.914. The van der Waals surface area contributed by atoms with E-state index in [4.69, 9.17) is 4.74 Å². The number of pyridine rings is 1. The molecule has 2 heterocycles. The Hall–Kier alpha value is -1.62. The third kappa shape index (κ3) is 3.43. The first-order valence-corrected chi connectivity index (χ1v) is 6.73. The molecule has 1 N–H and O–H groups in total. The van der Waals surface area contributed by atoms with E-state index >= 15 is 0 Å². The minimum Gasteiger partial charge on any atom is -0.473 e. The number of hydrogen-bond donors (Lipinski definition) is 1. The third-order valence-corrected chi connectivity index (χ3v) is 3.15. The zero-order valence-electron chi connectivity index (χ0n) is 10.8. The molecule has 96 valence electrons. The Morgan fingerprint density at radius 1 is 1.39 bits per heavy atom. The van der Waals surface area contributed by atoms with Gasteiger partial charge in [0.1, 0.15) is 0 Å². The predicted molar refractivity (Wildman–Crippen MR) is 74.2 cm³/mol. The van der Waals surface area contributed by atoms with Crippen molar-refractivity contribution in [3.63, 3.8) is 0 Å². The standard InChI is InChI=1S/C13H17N3OS/c1-9(2)17-13-12(5-4-6-14-13)16-8-11-7-15-10(3)18-11/h4-7,9,16H,8H2,1-3H3. The molecule has 0 unspecified atom stereocenters. The van der Waals surface area contributed by atoms with Crippen LogP contribution >= 0.6 is 11.3 Å². The van der Waals surface area contributed by atoms with Gasteiger partial charge in [-0.25, -0.2) is 9.97 Å². The SMILES string of the molecule is Cc1ncc(CNc2cccnc2OC(C)C)s1. The smallest absolute Gasteiger partial charge is 0.237 e. The van der Waals surface area contributed by atoms with Crippen LogP contribution in [0.1, 0.15) is 23.7 Å². The van der Waals surface area contributed by atoms with Crippen LogP contribution in [0.15, 0.2) is 24.5 Å². The van der Waals surface area contributed by atoms with E-state index in [-0.39, 0.29) is 6.10 Å². The second kappa shape index (κ2) is 5.82. The average molecular weight is 263 g/mol. The van der Waals surface area contributed by atoms with E-state index in [1.54, 1.807) is 17.5 Å². The molecule has 18 heavy (non-hydrogen) atoms. The van der Waals surface area contributed by atoms with Crippen LogP contribution < -0.4 is 10.1 Å². The summed E-state index contributed by atoms with van der Waals surface area (Å²) in [4.78, 5) is 9.67. The summed E-state index contributed by atoms with van der Waals surface area (Å²) in [6.45, 7) is 6.73. The number of aryl methyl sites for hydroxylation is 1. The Kier molecular flexibility index (Phi) is 4.15. The van der Waals surface area contributed by atoms with Crippen LogP contribution in [0.3, 0.4) is 0 Å². The van der Waals surface area contributed by atoms with Crippen molar-refractivity contribution in [2.45, 2.75) is 33.4 Å². The molecule has 2 aromatic rings. The molecule has 4 nitrogen and oxygen atoms in total. The van der Waals surface area contributed by atoms with E-state index in [2.05, 4.69) is 15.3 Å². The van der Waals surface area contributed by atoms with Crippen molar-refractivity contribution in [2.24, 2.45) is 0 Å². The summed E-state index contributed by atoms with van der Waals surface area (Å²) >= 11 is 1.69. The highest BCUT2D eigenvalue weighted by Crippen LogP contribution is 2.23. The first kappa shape index (κ1) is 12.8. The molecule has 0 saturated carbocycles. The molecule has 0 bridgehead atoms. The number of nitrogens with one attached hydrogen (secondary N) is 1. The molecule has 2 aromatic heterocycles. The monoisotopic (exact) mass is 263 g/mol. The zero-order chi connectivity index (χ0) is 13.0. The van der Waals surface area contributed by atoms with Gasteiger partial charge in [-0.3, -0.25) is 0 Å². The lowest BCUT2D eigenvalue weighted by Gasteiger charge is -2.13. The molecular weight excluding hydrogens is 246 g/mol. The fourth-order valence-corrected chi connectivity index (χ4v) is 2.25. The Morgan fingerprint density at radius 3 is 2.89 bits per heavy atom. The molecule has 0 aliphatic rings. The van der Waals surface area contributed by atoms with Gasteiger partial charge in [-0.1, -0.05) is 0 Å². The molecule has 0 spiro atoms. The number of aromatic nitrogens is 2. The maximum atomic E-state index is 5.65. The lowest BCUT2D eigenvalue weighted by molar-refractivity contribution is 0.234. The zero-order valence-corrected chi connectivity index (χ0v) is 11.6. The second-order valence-corrected chi connectivity index (χ2v) is 5.54. The number of thiazole rings is 1. The molecule has 0 saturated heterocycles. The fraction of sp³-hybridized carbons (Fsp3) is 0.385. The minimum absolute atomic E-state index is 0.117. The van der Waals surface area contributed by atoms with Crippen molar-refractivity contribution in [1.82, 2.24) is 9.97 Å². The third-order valence-electron chi connectivity index (χ3n) is 2.24. The molecule has 0 aliphatic carbocycles. The van der Waals surface area contributed by atoms with Crippen LogP contribution in [0, 0.1) is 6.92 Å². The Labute approximate surface area is 111 Å². The van der Waals surface area contributed by atoms with Gasteiger partial charge in [0.25, 0.3) is 0 Å². The summed E-state index contributed by atoms with van der Waals surface area (Å²) in [7, 11) is 0. The number of ether oxygens (including phenoxy) is 1. The summed E-state index contributed by atoms with van der Waals surface area (Å²) in [5.74, 6) is 0.647. The molecular formula is C13H17N3OS. The van der Waals surface area contributed by atoms with E-state index < -0.39 is 0 Å². The predicted octanol–water partition coefficient (Wildman–Crippen LogP) is 3.25. The molecule has 0 aromatic carbocycles. The topological polar surface area (TPSA) is 47.0 Å². The van der Waals surface area contributed by atoms with Gasteiger partial charge in [0.05, 0.1) is 23.3 Å². The van der Waals surface area contributed by atoms with Gasteiger partial charge >= 0.3 is 0 Å². The van der Waals surface area contributed by atoms with Gasteiger partial charge in [0.15, 0.2) is 0 Å². The van der Waals surface area contributed by atoms with Gasteiger partial charge in [0.2, 0.25) is 5.88 Å². The van der Waals surface area contributed by atoms with Crippen molar-refractivity contribution < 1.29 is 4.74 Å². The molecule has 5 heteroatoms. The molecule has 0 radical (unpaired) electrons. The van der Waals surface area contributed by atoms with Crippen LogP contribution in [-0.4, -0.2) is 16.1 Å². The molecule has 0 amide bonds. The van der Waals surface area contributed by atoms with Crippen molar-refractivity contribution in [3.8, 4) is 5.88 Å². The Morgan fingerprint density at radius 2 is 2.22 bits per heavy atom. The Balaban J connectivity index is 2.04. The number of anilines is 1. The van der Waals surface area contributed by atoms with E-state index in [1.807, 2.05) is 39.1 Å². The van der Waals surface area contributed by atoms with Crippen molar-refractivity contribution in [2.75, 3.05) is 5.32 Å². The molecule has 0 aliphatic heterocycles. The van der Waals surface area contributed by atoms with Gasteiger partial charge < -0.3 is 10.1 Å². The quantitative estimate of drug-likeness (QED) is 0.899. The highest BCUT2D eigenvalue weighted by atomic mass is 32.1. The van der Waals surface area contributed by atoms with E-state index in [0.29, 0.717) is 5.88 Å². The summed E-state index contributed by atoms with van der Waals surface area (Å²) in [5, 5.41) is 4.41. The van der Waals surface area contributed by atoms with Gasteiger partial charge in [0, 0.05) is 17.3 Å². The normalized spacial score (nSPS) is 10.7. The number of hydrogen-bond acceptors (Lipinski definition) is 5. The highest BCUT2D eigenvalue weighted by molar-refractivity contribution is 7.11. The summed E-state index contributed by atoms with van der Waals surface area (Å²) < 4.78 is 5.65. The second-order valence-electron chi connectivity index (χ2n) is 4.22. The van der Waals surface area contributed by atoms with Crippen molar-refractivity contribution in [1.29, 1.82) is 0 Å². The fourth-order valence-electron chi connectivity index (χ4n) is 1.51. The lowest BCUT2D eigenvalue weighted by atomic mass is 10.4. The maximum absolute atomic E-state index is 5.65. The van der Waals surface area contributed by atoms with Crippen LogP contribution in [0.4, 0.5) is 5.69 Å². The van der Waals surface area contributed by atoms with E-state index in [1.165, 1.54) is 4.88 Å². The molecule has 2 rings (SSSR count). The Bertz CT molecular complexity index is 510. The van der Waals surface area contributed by atoms with Crippen molar-refractivity contribution >= 4 is 17.0 Å². The van der Waals surface area contributed by atoms with Gasteiger partial charge in [-0.05, 0) is 32.9 Å². The highest BCUT2D eigenvalue weighted by Gasteiger charge is 2.06. The average Bonchev–Trinajstić information content (AvgIpc) is 2.73. The number of rotatable bonds is 5. The molecule has 0 atom stereocenters. The van der Waals surface area contributed by atoms with Crippen LogP contribution in [0.5, 0.6) is 5.88 Å². The van der Waals surface area contributed by atoms with Crippen LogP contribution in [-0.2, 0) is 6.54 Å². The maximum Gasteiger partial charge on any atom is 0.237 e. The van der Waals surface area contributed by atoms with Crippen molar-refractivity contribution in [3.05, 3.63) is 34.4 Å².